The summed E-state index contributed by atoms with van der Waals surface area (Å²) in [5.41, 5.74) is 1.87. The molecule has 0 amide bonds. The van der Waals surface area contributed by atoms with Crippen molar-refractivity contribution < 1.29 is 23.4 Å². The zero-order valence-corrected chi connectivity index (χ0v) is 23.0. The van der Waals surface area contributed by atoms with Crippen LogP contribution in [0, 0.1) is 0 Å². The van der Waals surface area contributed by atoms with Crippen molar-refractivity contribution in [2.24, 2.45) is 4.99 Å². The first-order chi connectivity index (χ1) is 18.8. The number of hydrogen-bond acceptors (Lipinski definition) is 8. The lowest BCUT2D eigenvalue weighted by Gasteiger charge is -2.24. The second kappa shape index (κ2) is 10.1. The van der Waals surface area contributed by atoms with E-state index in [0.717, 1.165) is 5.56 Å². The van der Waals surface area contributed by atoms with Crippen LogP contribution in [0.15, 0.2) is 74.0 Å². The lowest BCUT2D eigenvalue weighted by Crippen LogP contribution is -2.39. The highest BCUT2D eigenvalue weighted by molar-refractivity contribution is 7.07. The van der Waals surface area contributed by atoms with Gasteiger partial charge >= 0.3 is 5.97 Å². The van der Waals surface area contributed by atoms with E-state index in [-0.39, 0.29) is 24.5 Å². The minimum Gasteiger partial charge on any atom is -0.463 e. The molecule has 2 aromatic heterocycles. The third-order valence-electron chi connectivity index (χ3n) is 6.33. The molecule has 1 atom stereocenters. The quantitative estimate of drug-likeness (QED) is 0.304. The molecule has 0 aliphatic carbocycles. The van der Waals surface area contributed by atoms with Gasteiger partial charge in [-0.3, -0.25) is 9.36 Å². The van der Waals surface area contributed by atoms with Gasteiger partial charge in [0.15, 0.2) is 16.3 Å². The predicted octanol–water partition coefficient (Wildman–Crippen LogP) is 5.09. The number of hydrogen-bond donors (Lipinski definition) is 0. The smallest absolute Gasteiger partial charge is 0.338 e. The molecule has 4 heterocycles. The summed E-state index contributed by atoms with van der Waals surface area (Å²) in [6.45, 7) is 3.76. The minimum absolute atomic E-state index is 0.106. The number of carbonyl (C=O) groups is 1. The number of furan rings is 1. The molecule has 0 radical (unpaired) electrons. The molecule has 8 nitrogen and oxygen atoms in total. The zero-order valence-electron chi connectivity index (χ0n) is 20.7. The molecule has 0 saturated carbocycles. The van der Waals surface area contributed by atoms with Crippen LogP contribution in [0.4, 0.5) is 0 Å². The molecular weight excluding hydrogens is 563 g/mol. The van der Waals surface area contributed by atoms with E-state index in [1.807, 2.05) is 6.07 Å². The van der Waals surface area contributed by atoms with Crippen LogP contribution in [-0.2, 0) is 9.53 Å². The summed E-state index contributed by atoms with van der Waals surface area (Å²) in [5, 5.41) is 0.861. The Morgan fingerprint density at radius 1 is 1.13 bits per heavy atom. The van der Waals surface area contributed by atoms with Crippen LogP contribution in [0.2, 0.25) is 10.0 Å². The van der Waals surface area contributed by atoms with Crippen molar-refractivity contribution in [2.45, 2.75) is 19.9 Å². The van der Waals surface area contributed by atoms with E-state index < -0.39 is 12.0 Å². The van der Waals surface area contributed by atoms with Gasteiger partial charge in [-0.05, 0) is 61.9 Å². The predicted molar refractivity (Wildman–Crippen MR) is 147 cm³/mol. The Kier molecular flexibility index (Phi) is 6.58. The summed E-state index contributed by atoms with van der Waals surface area (Å²) in [7, 11) is 0. The molecule has 11 heteroatoms. The summed E-state index contributed by atoms with van der Waals surface area (Å²) < 4.78 is 24.2. The third-order valence-corrected chi connectivity index (χ3v) is 8.06. The number of carbonyl (C=O) groups excluding carboxylic acids is 1. The fraction of sp³-hybridized carbons (Fsp3) is 0.179. The summed E-state index contributed by atoms with van der Waals surface area (Å²) in [4.78, 5) is 31.9. The maximum absolute atomic E-state index is 13.8. The van der Waals surface area contributed by atoms with Gasteiger partial charge in [0.05, 0.1) is 38.5 Å². The van der Waals surface area contributed by atoms with E-state index in [1.165, 1.54) is 15.9 Å². The number of halogens is 2. The molecule has 2 aliphatic heterocycles. The zero-order chi connectivity index (χ0) is 27.3. The molecule has 0 spiro atoms. The SMILES string of the molecule is CCOC(=O)C1=C(C)N=c2s/c(=C/c3ccc(-c4ccc(Cl)c(Cl)c4)o3)c(=O)n2[C@@H]1c1ccc2c(c1)OCO2. The molecular formula is C28H20Cl2N2O6S. The molecule has 198 valence electrons. The van der Waals surface area contributed by atoms with Crippen molar-refractivity contribution >= 4 is 46.6 Å². The number of aromatic nitrogens is 1. The molecule has 6 rings (SSSR count). The van der Waals surface area contributed by atoms with Crippen LogP contribution in [0.5, 0.6) is 11.5 Å². The van der Waals surface area contributed by atoms with Gasteiger partial charge in [-0.25, -0.2) is 9.79 Å². The van der Waals surface area contributed by atoms with Crippen molar-refractivity contribution in [3.05, 3.63) is 101 Å². The lowest BCUT2D eigenvalue weighted by molar-refractivity contribution is -0.139. The summed E-state index contributed by atoms with van der Waals surface area (Å²) in [6.07, 6.45) is 1.66. The van der Waals surface area contributed by atoms with Crippen LogP contribution < -0.4 is 24.4 Å². The highest BCUT2D eigenvalue weighted by Crippen LogP contribution is 2.38. The topological polar surface area (TPSA) is 92.3 Å². The number of rotatable bonds is 5. The molecule has 4 aromatic rings. The summed E-state index contributed by atoms with van der Waals surface area (Å²) in [5.74, 6) is 1.65. The van der Waals surface area contributed by atoms with Gasteiger partial charge in [0.1, 0.15) is 11.5 Å². The molecule has 0 unspecified atom stereocenters. The Labute approximate surface area is 236 Å². The first-order valence-electron chi connectivity index (χ1n) is 12.0. The van der Waals surface area contributed by atoms with Gasteiger partial charge in [0.25, 0.3) is 5.56 Å². The largest absolute Gasteiger partial charge is 0.463 e. The number of fused-ring (bicyclic) bond motifs is 2. The maximum Gasteiger partial charge on any atom is 0.338 e. The van der Waals surface area contributed by atoms with E-state index in [2.05, 4.69) is 4.99 Å². The van der Waals surface area contributed by atoms with Crippen LogP contribution in [-0.4, -0.2) is 23.9 Å². The number of esters is 1. The Balaban J connectivity index is 1.47. The number of allylic oxidation sites excluding steroid dienone is 1. The van der Waals surface area contributed by atoms with Crippen molar-refractivity contribution in [3.8, 4) is 22.8 Å². The van der Waals surface area contributed by atoms with Crippen LogP contribution in [0.25, 0.3) is 17.4 Å². The summed E-state index contributed by atoms with van der Waals surface area (Å²) >= 11 is 13.4. The number of benzene rings is 2. The van der Waals surface area contributed by atoms with Crippen LogP contribution >= 0.6 is 34.5 Å². The van der Waals surface area contributed by atoms with Crippen LogP contribution in [0.1, 0.15) is 31.2 Å². The average Bonchev–Trinajstić information content (AvgIpc) is 3.64. The van der Waals surface area contributed by atoms with E-state index >= 15 is 0 Å². The Morgan fingerprint density at radius 2 is 1.95 bits per heavy atom. The monoisotopic (exact) mass is 582 g/mol. The van der Waals surface area contributed by atoms with Gasteiger partial charge in [-0.2, -0.15) is 0 Å². The fourth-order valence-electron chi connectivity index (χ4n) is 4.55. The second-order valence-electron chi connectivity index (χ2n) is 8.75. The van der Waals surface area contributed by atoms with E-state index in [4.69, 9.17) is 41.8 Å². The minimum atomic E-state index is -0.764. The van der Waals surface area contributed by atoms with Crippen molar-refractivity contribution in [2.75, 3.05) is 13.4 Å². The van der Waals surface area contributed by atoms with Gasteiger partial charge in [-0.15, -0.1) is 0 Å². The van der Waals surface area contributed by atoms with E-state index in [0.29, 0.717) is 53.7 Å². The molecule has 39 heavy (non-hydrogen) atoms. The Bertz CT molecular complexity index is 1850. The highest BCUT2D eigenvalue weighted by atomic mass is 35.5. The second-order valence-corrected chi connectivity index (χ2v) is 10.6. The fourth-order valence-corrected chi connectivity index (χ4v) is 5.88. The van der Waals surface area contributed by atoms with Gasteiger partial charge in [0, 0.05) is 11.6 Å². The number of nitrogens with zero attached hydrogens (tertiary/aromatic N) is 2. The van der Waals surface area contributed by atoms with Gasteiger partial charge < -0.3 is 18.6 Å². The first kappa shape index (κ1) is 25.5. The summed E-state index contributed by atoms with van der Waals surface area (Å²) in [6, 6.07) is 13.3. The molecule has 0 N–H and O–H groups in total. The molecule has 2 aliphatic rings. The van der Waals surface area contributed by atoms with E-state index in [1.54, 1.807) is 62.4 Å². The highest BCUT2D eigenvalue weighted by Gasteiger charge is 2.34. The first-order valence-corrected chi connectivity index (χ1v) is 13.6. The number of ether oxygens (including phenoxy) is 3. The maximum atomic E-state index is 13.8. The molecule has 0 fully saturated rings. The number of thiazole rings is 1. The standard InChI is InChI=1S/C28H20Cl2N2O6S/c1-3-35-27(34)24-14(2)31-28-32(25(24)16-5-8-21-22(11-16)37-13-36-21)26(33)23(39-28)12-17-6-9-20(38-17)15-4-7-18(29)19(30)10-15/h4-12,25H,3,13H2,1-2H3/b23-12+/t25-/m1/s1. The van der Waals surface area contributed by atoms with Gasteiger partial charge in [-0.1, -0.05) is 40.6 Å². The normalized spacial score (nSPS) is 16.3. The van der Waals surface area contributed by atoms with E-state index in [9.17, 15) is 9.59 Å². The molecule has 0 saturated heterocycles. The lowest BCUT2D eigenvalue weighted by atomic mass is 9.95. The molecule has 2 aromatic carbocycles. The Hall–Kier alpha value is -3.79. The molecule has 0 bridgehead atoms. The van der Waals surface area contributed by atoms with Gasteiger partial charge in [0.2, 0.25) is 6.79 Å². The van der Waals surface area contributed by atoms with Crippen molar-refractivity contribution in [1.29, 1.82) is 0 Å². The van der Waals surface area contributed by atoms with Crippen molar-refractivity contribution in [1.82, 2.24) is 4.57 Å². The van der Waals surface area contributed by atoms with Crippen molar-refractivity contribution in [3.63, 3.8) is 0 Å². The average molecular weight is 583 g/mol. The Morgan fingerprint density at radius 3 is 2.74 bits per heavy atom. The third kappa shape index (κ3) is 4.56. The van der Waals surface area contributed by atoms with Crippen LogP contribution in [0.3, 0.4) is 0 Å².